The molecule has 0 radical (unpaired) electrons. The molecule has 0 saturated heterocycles. The van der Waals surface area contributed by atoms with E-state index in [0.717, 1.165) is 60.7 Å². The third-order valence-electron chi connectivity index (χ3n) is 6.95. The highest BCUT2D eigenvalue weighted by atomic mass is 16.5. The van der Waals surface area contributed by atoms with Crippen LogP contribution in [0.15, 0.2) is 12.3 Å². The van der Waals surface area contributed by atoms with E-state index >= 15 is 0 Å². The van der Waals surface area contributed by atoms with Crippen molar-refractivity contribution < 1.29 is 19.3 Å². The van der Waals surface area contributed by atoms with Gasteiger partial charge in [-0.2, -0.15) is 4.98 Å². The predicted molar refractivity (Wildman–Crippen MR) is 129 cm³/mol. The van der Waals surface area contributed by atoms with Gasteiger partial charge in [0.25, 0.3) is 0 Å². The van der Waals surface area contributed by atoms with E-state index in [2.05, 4.69) is 15.6 Å². The van der Waals surface area contributed by atoms with Gasteiger partial charge in [0.15, 0.2) is 0 Å². The normalized spacial score (nSPS) is 23.4. The summed E-state index contributed by atoms with van der Waals surface area (Å²) < 4.78 is 17.4. The number of aryl methyl sites for hydroxylation is 1. The van der Waals surface area contributed by atoms with E-state index in [9.17, 15) is 5.11 Å². The predicted octanol–water partition coefficient (Wildman–Crippen LogP) is 3.28. The van der Waals surface area contributed by atoms with Gasteiger partial charge >= 0.3 is 0 Å². The maximum absolute atomic E-state index is 9.57. The number of ether oxygens (including phenoxy) is 3. The first-order chi connectivity index (χ1) is 16.6. The summed E-state index contributed by atoms with van der Waals surface area (Å²) in [5.41, 5.74) is 2.95. The molecule has 3 heterocycles. The van der Waals surface area contributed by atoms with Crippen LogP contribution in [0.25, 0.3) is 0 Å². The van der Waals surface area contributed by atoms with E-state index in [0.29, 0.717) is 36.8 Å². The summed E-state index contributed by atoms with van der Waals surface area (Å²) >= 11 is 0. The Labute approximate surface area is 200 Å². The van der Waals surface area contributed by atoms with Crippen molar-refractivity contribution in [3.8, 4) is 11.6 Å². The molecule has 34 heavy (non-hydrogen) atoms. The second kappa shape index (κ2) is 10.3. The van der Waals surface area contributed by atoms with Gasteiger partial charge in [0, 0.05) is 44.4 Å². The van der Waals surface area contributed by atoms with Gasteiger partial charge in [-0.3, -0.25) is 0 Å². The minimum Gasteiger partial charge on any atom is -0.483 e. The third kappa shape index (κ3) is 5.36. The number of methoxy groups -OCH3 is 1. The number of pyridine rings is 1. The van der Waals surface area contributed by atoms with Crippen LogP contribution < -0.4 is 20.1 Å². The van der Waals surface area contributed by atoms with Crippen LogP contribution >= 0.6 is 0 Å². The molecule has 2 aromatic heterocycles. The average Bonchev–Trinajstić information content (AvgIpc) is 3.39. The number of fused-ring (bicyclic) bond motifs is 1. The lowest BCUT2D eigenvalue weighted by Gasteiger charge is -2.22. The molecule has 2 fully saturated rings. The lowest BCUT2D eigenvalue weighted by Crippen LogP contribution is -2.22. The van der Waals surface area contributed by atoms with Crippen molar-refractivity contribution in [2.24, 2.45) is 11.8 Å². The summed E-state index contributed by atoms with van der Waals surface area (Å²) in [4.78, 5) is 14.0. The van der Waals surface area contributed by atoms with Crippen LogP contribution in [-0.2, 0) is 11.2 Å². The monoisotopic (exact) mass is 469 g/mol. The standard InChI is InChI=1S/C25H35N5O4/c1-15-23(20-10-18-11-22(27-12-21(18)34-20)33-14-16-3-4-16)24(29-19-6-5-17(9-19)13-31)30-25(28-15)26-7-8-32-2/h11-12,16-17,19-20,31H,3-10,13-14H2,1-2H3,(H2,26,28,29,30)/t17-,19+,20?/m1/s1. The number of aromatic nitrogens is 3. The highest BCUT2D eigenvalue weighted by molar-refractivity contribution is 5.54. The Morgan fingerprint density at radius 1 is 1.18 bits per heavy atom. The molecule has 3 atom stereocenters. The van der Waals surface area contributed by atoms with Gasteiger partial charge in [-0.25, -0.2) is 9.97 Å². The molecule has 2 saturated carbocycles. The fourth-order valence-electron chi connectivity index (χ4n) is 4.84. The maximum atomic E-state index is 9.57. The third-order valence-corrected chi connectivity index (χ3v) is 6.95. The van der Waals surface area contributed by atoms with Gasteiger partial charge in [0.05, 0.1) is 30.7 Å². The Hall–Kier alpha value is -2.65. The second-order valence-electron chi connectivity index (χ2n) is 9.71. The molecule has 0 aromatic carbocycles. The first-order valence-corrected chi connectivity index (χ1v) is 12.4. The van der Waals surface area contributed by atoms with Gasteiger partial charge in [0.1, 0.15) is 17.7 Å². The van der Waals surface area contributed by atoms with Crippen LogP contribution in [0.4, 0.5) is 11.8 Å². The Morgan fingerprint density at radius 3 is 2.79 bits per heavy atom. The summed E-state index contributed by atoms with van der Waals surface area (Å²) in [7, 11) is 1.67. The van der Waals surface area contributed by atoms with Crippen LogP contribution in [-0.4, -0.2) is 59.6 Å². The summed E-state index contributed by atoms with van der Waals surface area (Å²) in [6.07, 6.45) is 7.76. The molecule has 9 heteroatoms. The van der Waals surface area contributed by atoms with Gasteiger partial charge in [-0.1, -0.05) is 0 Å². The van der Waals surface area contributed by atoms with Crippen LogP contribution in [0, 0.1) is 18.8 Å². The van der Waals surface area contributed by atoms with Crippen LogP contribution in [0.1, 0.15) is 55.0 Å². The van der Waals surface area contributed by atoms with Crippen molar-refractivity contribution in [2.75, 3.05) is 44.1 Å². The van der Waals surface area contributed by atoms with Crippen LogP contribution in [0.3, 0.4) is 0 Å². The van der Waals surface area contributed by atoms with E-state index in [-0.39, 0.29) is 18.8 Å². The van der Waals surface area contributed by atoms with Crippen molar-refractivity contribution in [1.82, 2.24) is 15.0 Å². The molecular weight excluding hydrogens is 434 g/mol. The number of hydrogen-bond donors (Lipinski definition) is 3. The minimum absolute atomic E-state index is 0.193. The summed E-state index contributed by atoms with van der Waals surface area (Å²) in [6, 6.07) is 2.27. The quantitative estimate of drug-likeness (QED) is 0.427. The van der Waals surface area contributed by atoms with Gasteiger partial charge < -0.3 is 30.0 Å². The molecule has 184 valence electrons. The maximum Gasteiger partial charge on any atom is 0.224 e. The van der Waals surface area contributed by atoms with Gasteiger partial charge in [-0.05, 0) is 50.9 Å². The molecule has 2 aliphatic carbocycles. The average molecular weight is 470 g/mol. The van der Waals surface area contributed by atoms with E-state index in [1.807, 2.05) is 13.0 Å². The van der Waals surface area contributed by atoms with Crippen LogP contribution in [0.5, 0.6) is 11.6 Å². The Morgan fingerprint density at radius 2 is 2.03 bits per heavy atom. The van der Waals surface area contributed by atoms with Crippen molar-refractivity contribution >= 4 is 11.8 Å². The molecule has 3 aliphatic rings. The summed E-state index contributed by atoms with van der Waals surface area (Å²) in [5.74, 6) is 3.86. The van der Waals surface area contributed by atoms with Crippen molar-refractivity contribution in [3.05, 3.63) is 29.1 Å². The molecule has 2 aromatic rings. The number of nitrogens with one attached hydrogen (secondary N) is 2. The molecule has 0 amide bonds. The number of hydrogen-bond acceptors (Lipinski definition) is 9. The largest absolute Gasteiger partial charge is 0.483 e. The zero-order chi connectivity index (χ0) is 23.5. The smallest absolute Gasteiger partial charge is 0.224 e. The molecule has 1 aliphatic heterocycles. The SMILES string of the molecule is COCCNc1nc(C)c(C2Cc3cc(OCC4CC4)ncc3O2)c(N[C@H]2CC[C@@H](CO)C2)n1. The Balaban J connectivity index is 1.36. The second-order valence-corrected chi connectivity index (χ2v) is 9.71. The zero-order valence-electron chi connectivity index (χ0n) is 20.0. The van der Waals surface area contributed by atoms with Gasteiger partial charge in [-0.15, -0.1) is 0 Å². The molecule has 0 spiro atoms. The number of aliphatic hydroxyl groups excluding tert-OH is 1. The topological polar surface area (TPSA) is 111 Å². The van der Waals surface area contributed by atoms with E-state index in [1.165, 1.54) is 12.8 Å². The van der Waals surface area contributed by atoms with Gasteiger partial charge in [0.2, 0.25) is 11.8 Å². The fraction of sp³-hybridized carbons (Fsp3) is 0.640. The number of rotatable bonds is 11. The molecule has 9 nitrogen and oxygen atoms in total. The first kappa shape index (κ1) is 23.1. The number of nitrogens with zero attached hydrogens (tertiary/aromatic N) is 3. The van der Waals surface area contributed by atoms with Crippen molar-refractivity contribution in [2.45, 2.75) is 57.6 Å². The van der Waals surface area contributed by atoms with E-state index in [1.54, 1.807) is 13.3 Å². The van der Waals surface area contributed by atoms with Crippen molar-refractivity contribution in [1.29, 1.82) is 0 Å². The number of aliphatic hydroxyl groups is 1. The lowest BCUT2D eigenvalue weighted by atomic mass is 10.0. The van der Waals surface area contributed by atoms with E-state index in [4.69, 9.17) is 24.2 Å². The zero-order valence-corrected chi connectivity index (χ0v) is 20.0. The summed E-state index contributed by atoms with van der Waals surface area (Å²) in [6.45, 7) is 4.18. The molecule has 3 N–H and O–H groups in total. The molecule has 0 bridgehead atoms. The Kier molecular flexibility index (Phi) is 7.01. The molecular formula is C25H35N5O4. The lowest BCUT2D eigenvalue weighted by molar-refractivity contribution is 0.210. The summed E-state index contributed by atoms with van der Waals surface area (Å²) in [5, 5.41) is 16.5. The molecule has 1 unspecified atom stereocenters. The molecule has 5 rings (SSSR count). The minimum atomic E-state index is -0.193. The van der Waals surface area contributed by atoms with Crippen LogP contribution in [0.2, 0.25) is 0 Å². The fourth-order valence-corrected chi connectivity index (χ4v) is 4.84. The first-order valence-electron chi connectivity index (χ1n) is 12.4. The number of anilines is 2. The van der Waals surface area contributed by atoms with Crippen molar-refractivity contribution in [3.63, 3.8) is 0 Å². The highest BCUT2D eigenvalue weighted by Crippen LogP contribution is 2.41. The highest BCUT2D eigenvalue weighted by Gasteiger charge is 2.32. The Bertz CT molecular complexity index is 1000. The van der Waals surface area contributed by atoms with E-state index < -0.39 is 0 Å².